The predicted octanol–water partition coefficient (Wildman–Crippen LogP) is 0.907. The molecular weight excluding hydrogens is 388 g/mol. The molecule has 142 valence electrons. The van der Waals surface area contributed by atoms with Crippen LogP contribution in [0.5, 0.6) is 0 Å². The van der Waals surface area contributed by atoms with Gasteiger partial charge in [-0.2, -0.15) is 9.57 Å². The summed E-state index contributed by atoms with van der Waals surface area (Å²) in [6.45, 7) is -0.0861. The fourth-order valence-corrected chi connectivity index (χ4v) is 6.67. The van der Waals surface area contributed by atoms with E-state index in [0.717, 1.165) is 4.31 Å². The van der Waals surface area contributed by atoms with Crippen LogP contribution in [0.3, 0.4) is 0 Å². The molecule has 0 aromatic heterocycles. The predicted molar refractivity (Wildman–Crippen MR) is 98.8 cm³/mol. The van der Waals surface area contributed by atoms with E-state index in [2.05, 4.69) is 0 Å². The molecular formula is C18H18N2O5S2. The Labute approximate surface area is 158 Å². The van der Waals surface area contributed by atoms with Gasteiger partial charge < -0.3 is 5.11 Å². The topological polar surface area (TPSA) is 116 Å². The highest BCUT2D eigenvalue weighted by Crippen LogP contribution is 2.27. The summed E-state index contributed by atoms with van der Waals surface area (Å²) in [6.07, 6.45) is -1.31. The Balaban J connectivity index is 2.07. The summed E-state index contributed by atoms with van der Waals surface area (Å²) in [5.41, 5.74) is 0.837. The van der Waals surface area contributed by atoms with E-state index < -0.39 is 43.5 Å². The van der Waals surface area contributed by atoms with Crippen LogP contribution < -0.4 is 0 Å². The van der Waals surface area contributed by atoms with Gasteiger partial charge >= 0.3 is 0 Å². The first-order valence-corrected chi connectivity index (χ1v) is 11.4. The van der Waals surface area contributed by atoms with Crippen molar-refractivity contribution in [2.45, 2.75) is 23.6 Å². The van der Waals surface area contributed by atoms with Gasteiger partial charge in [-0.1, -0.05) is 36.4 Å². The van der Waals surface area contributed by atoms with E-state index in [1.807, 2.05) is 6.07 Å². The van der Waals surface area contributed by atoms with Crippen molar-refractivity contribution in [3.8, 4) is 6.07 Å². The fourth-order valence-electron chi connectivity index (χ4n) is 3.09. The second-order valence-electron chi connectivity index (χ2n) is 6.39. The van der Waals surface area contributed by atoms with Crippen LogP contribution in [0.25, 0.3) is 0 Å². The lowest BCUT2D eigenvalue weighted by atomic mass is 10.2. The van der Waals surface area contributed by atoms with Crippen molar-refractivity contribution in [2.75, 3.05) is 11.5 Å². The quantitative estimate of drug-likeness (QED) is 0.789. The molecule has 3 rings (SSSR count). The van der Waals surface area contributed by atoms with E-state index in [1.54, 1.807) is 30.3 Å². The zero-order chi connectivity index (χ0) is 19.7. The van der Waals surface area contributed by atoms with Crippen molar-refractivity contribution in [1.82, 2.24) is 4.31 Å². The molecule has 2 aromatic carbocycles. The third-order valence-corrected chi connectivity index (χ3v) is 7.98. The van der Waals surface area contributed by atoms with Crippen molar-refractivity contribution in [1.29, 1.82) is 5.26 Å². The normalized spacial score (nSPS) is 21.8. The first kappa shape index (κ1) is 19.5. The molecule has 7 nitrogen and oxygen atoms in total. The van der Waals surface area contributed by atoms with E-state index in [1.165, 1.54) is 24.3 Å². The second kappa shape index (κ2) is 7.40. The van der Waals surface area contributed by atoms with Crippen LogP contribution in [0, 0.1) is 11.3 Å². The molecule has 27 heavy (non-hydrogen) atoms. The molecule has 9 heteroatoms. The first-order chi connectivity index (χ1) is 12.7. The molecule has 1 saturated heterocycles. The molecule has 1 N–H and O–H groups in total. The van der Waals surface area contributed by atoms with Crippen molar-refractivity contribution < 1.29 is 21.9 Å². The number of hydrogen-bond donors (Lipinski definition) is 1. The highest BCUT2D eigenvalue weighted by atomic mass is 32.2. The van der Waals surface area contributed by atoms with E-state index >= 15 is 0 Å². The molecule has 0 spiro atoms. The lowest BCUT2D eigenvalue weighted by molar-refractivity contribution is 0.125. The number of benzene rings is 2. The van der Waals surface area contributed by atoms with E-state index in [9.17, 15) is 21.9 Å². The lowest BCUT2D eigenvalue weighted by Gasteiger charge is -2.29. The van der Waals surface area contributed by atoms with Crippen LogP contribution in [0.4, 0.5) is 0 Å². The summed E-state index contributed by atoms with van der Waals surface area (Å²) < 4.78 is 51.4. The van der Waals surface area contributed by atoms with Gasteiger partial charge in [0, 0.05) is 6.54 Å². The molecule has 0 saturated carbocycles. The van der Waals surface area contributed by atoms with Gasteiger partial charge in [-0.25, -0.2) is 16.8 Å². The Kier molecular flexibility index (Phi) is 5.35. The molecule has 1 fully saturated rings. The highest BCUT2D eigenvalue weighted by molar-refractivity contribution is 7.92. The van der Waals surface area contributed by atoms with Crippen LogP contribution in [0.1, 0.15) is 11.1 Å². The number of sulfonamides is 1. The standard InChI is InChI=1S/C18H18N2O5S2/c19-10-15-7-4-8-16(9-15)27(24,25)20(11-14-5-2-1-3-6-14)17-12-26(22,23)13-18(17)21/h1-9,17-18,21H,11-13H2/t17-,18+/m1/s1. The highest BCUT2D eigenvalue weighted by Gasteiger charge is 2.44. The van der Waals surface area contributed by atoms with Crippen LogP contribution in [-0.2, 0) is 26.4 Å². The molecule has 0 amide bonds. The van der Waals surface area contributed by atoms with Gasteiger partial charge in [-0.05, 0) is 23.8 Å². The summed E-state index contributed by atoms with van der Waals surface area (Å²) >= 11 is 0. The molecule has 2 aromatic rings. The summed E-state index contributed by atoms with van der Waals surface area (Å²) in [7, 11) is -7.69. The van der Waals surface area contributed by atoms with Crippen LogP contribution >= 0.6 is 0 Å². The van der Waals surface area contributed by atoms with Crippen LogP contribution in [0.2, 0.25) is 0 Å². The third kappa shape index (κ3) is 4.20. The Hall–Kier alpha value is -2.25. The largest absolute Gasteiger partial charge is 0.390 e. The number of hydrogen-bond acceptors (Lipinski definition) is 6. The van der Waals surface area contributed by atoms with Crippen molar-refractivity contribution >= 4 is 19.9 Å². The van der Waals surface area contributed by atoms with Crippen LogP contribution in [0.15, 0.2) is 59.5 Å². The summed E-state index contributed by atoms with van der Waals surface area (Å²) in [6, 6.07) is 15.1. The Morgan fingerprint density at radius 3 is 2.41 bits per heavy atom. The zero-order valence-electron chi connectivity index (χ0n) is 14.3. The minimum atomic E-state index is -4.14. The minimum absolute atomic E-state index is 0.0861. The smallest absolute Gasteiger partial charge is 0.243 e. The number of aliphatic hydroxyl groups is 1. The van der Waals surface area contributed by atoms with Gasteiger partial charge in [0.25, 0.3) is 0 Å². The Morgan fingerprint density at radius 1 is 1.11 bits per heavy atom. The summed E-state index contributed by atoms with van der Waals surface area (Å²) in [5, 5.41) is 19.3. The average Bonchev–Trinajstić information content (AvgIpc) is 2.92. The van der Waals surface area contributed by atoms with Crippen molar-refractivity contribution in [3.63, 3.8) is 0 Å². The second-order valence-corrected chi connectivity index (χ2v) is 10.4. The van der Waals surface area contributed by atoms with Crippen molar-refractivity contribution in [3.05, 3.63) is 65.7 Å². The average molecular weight is 406 g/mol. The number of nitrogens with zero attached hydrogens (tertiary/aromatic N) is 2. The maximum Gasteiger partial charge on any atom is 0.243 e. The molecule has 1 aliphatic heterocycles. The van der Waals surface area contributed by atoms with Crippen LogP contribution in [-0.4, -0.2) is 49.9 Å². The van der Waals surface area contributed by atoms with Gasteiger partial charge in [0.2, 0.25) is 10.0 Å². The number of sulfone groups is 1. The van der Waals surface area contributed by atoms with E-state index in [0.29, 0.717) is 5.56 Å². The Bertz CT molecular complexity index is 1080. The van der Waals surface area contributed by atoms with Crippen molar-refractivity contribution in [2.24, 2.45) is 0 Å². The number of aliphatic hydroxyl groups excluding tert-OH is 1. The van der Waals surface area contributed by atoms with Gasteiger partial charge in [-0.15, -0.1) is 0 Å². The molecule has 0 radical (unpaired) electrons. The maximum atomic E-state index is 13.3. The molecule has 1 aliphatic rings. The lowest BCUT2D eigenvalue weighted by Crippen LogP contribution is -2.46. The van der Waals surface area contributed by atoms with E-state index in [4.69, 9.17) is 5.26 Å². The molecule has 0 bridgehead atoms. The third-order valence-electron chi connectivity index (χ3n) is 4.41. The van der Waals surface area contributed by atoms with E-state index in [-0.39, 0.29) is 17.0 Å². The Morgan fingerprint density at radius 2 is 1.81 bits per heavy atom. The van der Waals surface area contributed by atoms with Gasteiger partial charge in [-0.3, -0.25) is 0 Å². The zero-order valence-corrected chi connectivity index (χ0v) is 15.9. The van der Waals surface area contributed by atoms with Gasteiger partial charge in [0.05, 0.1) is 40.2 Å². The minimum Gasteiger partial charge on any atom is -0.390 e. The number of rotatable bonds is 5. The SMILES string of the molecule is N#Cc1cccc(S(=O)(=O)N(Cc2ccccc2)[C@@H]2CS(=O)(=O)C[C@@H]2O)c1. The molecule has 0 aliphatic carbocycles. The monoisotopic (exact) mass is 406 g/mol. The molecule has 0 unspecified atom stereocenters. The van der Waals surface area contributed by atoms with Gasteiger partial charge in [0.15, 0.2) is 9.84 Å². The molecule has 2 atom stereocenters. The maximum absolute atomic E-state index is 13.3. The molecule has 1 heterocycles. The first-order valence-electron chi connectivity index (χ1n) is 8.17. The fraction of sp³-hybridized carbons (Fsp3) is 0.278. The van der Waals surface area contributed by atoms with Gasteiger partial charge in [0.1, 0.15) is 0 Å². The number of nitriles is 1. The summed E-state index contributed by atoms with van der Waals surface area (Å²) in [5.74, 6) is -0.922. The summed E-state index contributed by atoms with van der Waals surface area (Å²) in [4.78, 5) is -0.117.